The Kier molecular flexibility index (Phi) is 4.99. The third-order valence-electron chi connectivity index (χ3n) is 3.55. The number of amides is 1. The number of hydrogen-bond acceptors (Lipinski definition) is 3. The van der Waals surface area contributed by atoms with E-state index in [9.17, 15) is 4.79 Å². The van der Waals surface area contributed by atoms with Crippen LogP contribution in [0.3, 0.4) is 0 Å². The third kappa shape index (κ3) is 4.32. The minimum absolute atomic E-state index is 0.249. The zero-order valence-electron chi connectivity index (χ0n) is 12.1. The Morgan fingerprint density at radius 1 is 1.53 bits per heavy atom. The van der Waals surface area contributed by atoms with E-state index in [1.807, 2.05) is 16.2 Å². The van der Waals surface area contributed by atoms with Crippen molar-refractivity contribution in [1.82, 2.24) is 10.2 Å². The molecule has 1 aliphatic carbocycles. The molecule has 1 aromatic rings. The molecule has 1 saturated carbocycles. The van der Waals surface area contributed by atoms with Gasteiger partial charge in [0.25, 0.3) is 0 Å². The molecule has 1 unspecified atom stereocenters. The van der Waals surface area contributed by atoms with E-state index in [2.05, 4.69) is 38.2 Å². The Bertz CT molecular complexity index is 426. The molecule has 0 radical (unpaired) electrons. The zero-order valence-corrected chi connectivity index (χ0v) is 12.9. The normalized spacial score (nSPS) is 16.4. The van der Waals surface area contributed by atoms with Crippen molar-refractivity contribution in [3.63, 3.8) is 0 Å². The van der Waals surface area contributed by atoms with E-state index >= 15 is 0 Å². The Balaban J connectivity index is 1.73. The summed E-state index contributed by atoms with van der Waals surface area (Å²) in [5.74, 6) is 0.249. The summed E-state index contributed by atoms with van der Waals surface area (Å²) in [6.45, 7) is 7.65. The summed E-state index contributed by atoms with van der Waals surface area (Å²) in [5, 5.41) is 3.35. The molecule has 3 nitrogen and oxygen atoms in total. The lowest BCUT2D eigenvalue weighted by Gasteiger charge is -2.22. The van der Waals surface area contributed by atoms with Crippen LogP contribution in [0.1, 0.15) is 36.4 Å². The SMILES string of the molecule is CCN(C(=O)CNC(C)Cc1ccc(C)s1)C1CC1. The van der Waals surface area contributed by atoms with Crippen LogP contribution in [0.5, 0.6) is 0 Å². The average molecular weight is 280 g/mol. The first kappa shape index (κ1) is 14.5. The second-order valence-electron chi connectivity index (χ2n) is 5.41. The van der Waals surface area contributed by atoms with Gasteiger partial charge in [-0.2, -0.15) is 0 Å². The van der Waals surface area contributed by atoms with E-state index in [1.165, 1.54) is 22.6 Å². The summed E-state index contributed by atoms with van der Waals surface area (Å²) in [5.41, 5.74) is 0. The molecule has 1 amide bonds. The number of aryl methyl sites for hydroxylation is 1. The molecule has 1 aromatic heterocycles. The van der Waals surface area contributed by atoms with Crippen molar-refractivity contribution in [2.45, 2.75) is 52.1 Å². The first-order chi connectivity index (χ1) is 9.10. The van der Waals surface area contributed by atoms with Gasteiger partial charge < -0.3 is 10.2 Å². The van der Waals surface area contributed by atoms with E-state index in [0.717, 1.165) is 13.0 Å². The Labute approximate surface area is 120 Å². The summed E-state index contributed by atoms with van der Waals surface area (Å²) >= 11 is 1.84. The van der Waals surface area contributed by atoms with Crippen molar-refractivity contribution in [3.8, 4) is 0 Å². The molecule has 0 spiro atoms. The van der Waals surface area contributed by atoms with Crippen molar-refractivity contribution in [3.05, 3.63) is 21.9 Å². The Morgan fingerprint density at radius 3 is 2.79 bits per heavy atom. The fourth-order valence-corrected chi connectivity index (χ4v) is 3.38. The third-order valence-corrected chi connectivity index (χ3v) is 4.58. The maximum Gasteiger partial charge on any atom is 0.236 e. The lowest BCUT2D eigenvalue weighted by molar-refractivity contribution is -0.130. The molecule has 1 aliphatic rings. The number of rotatable bonds is 7. The molecule has 0 bridgehead atoms. The molecule has 1 atom stereocenters. The highest BCUT2D eigenvalue weighted by Crippen LogP contribution is 2.26. The zero-order chi connectivity index (χ0) is 13.8. The number of hydrogen-bond donors (Lipinski definition) is 1. The molecule has 0 saturated heterocycles. The first-order valence-corrected chi connectivity index (χ1v) is 8.00. The van der Waals surface area contributed by atoms with Gasteiger partial charge >= 0.3 is 0 Å². The number of carbonyl (C=O) groups excluding carboxylic acids is 1. The molecule has 1 fully saturated rings. The summed E-state index contributed by atoms with van der Waals surface area (Å²) in [7, 11) is 0. The maximum absolute atomic E-state index is 12.1. The van der Waals surface area contributed by atoms with Gasteiger partial charge in [-0.3, -0.25) is 4.79 Å². The highest BCUT2D eigenvalue weighted by Gasteiger charge is 2.30. The smallest absolute Gasteiger partial charge is 0.236 e. The Morgan fingerprint density at radius 2 is 2.26 bits per heavy atom. The molecule has 2 rings (SSSR count). The van der Waals surface area contributed by atoms with Crippen LogP contribution in [-0.4, -0.2) is 36.0 Å². The van der Waals surface area contributed by atoms with E-state index in [1.54, 1.807) is 0 Å². The molecule has 0 aliphatic heterocycles. The van der Waals surface area contributed by atoms with Gasteiger partial charge in [-0.05, 0) is 52.2 Å². The van der Waals surface area contributed by atoms with Gasteiger partial charge in [-0.15, -0.1) is 11.3 Å². The minimum atomic E-state index is 0.249. The number of nitrogens with zero attached hydrogens (tertiary/aromatic N) is 1. The van der Waals surface area contributed by atoms with Gasteiger partial charge in [-0.25, -0.2) is 0 Å². The molecule has 19 heavy (non-hydrogen) atoms. The van der Waals surface area contributed by atoms with E-state index in [0.29, 0.717) is 18.6 Å². The van der Waals surface area contributed by atoms with Crippen LogP contribution >= 0.6 is 11.3 Å². The van der Waals surface area contributed by atoms with Crippen molar-refractivity contribution < 1.29 is 4.79 Å². The van der Waals surface area contributed by atoms with Gasteiger partial charge in [0.2, 0.25) is 5.91 Å². The predicted octanol–water partition coefficient (Wildman–Crippen LogP) is 2.59. The molecular weight excluding hydrogens is 256 g/mol. The van der Waals surface area contributed by atoms with Gasteiger partial charge in [-0.1, -0.05) is 0 Å². The molecule has 106 valence electrons. The summed E-state index contributed by atoms with van der Waals surface area (Å²) in [4.78, 5) is 16.8. The van der Waals surface area contributed by atoms with Crippen molar-refractivity contribution in [2.75, 3.05) is 13.1 Å². The second-order valence-corrected chi connectivity index (χ2v) is 6.78. The topological polar surface area (TPSA) is 32.3 Å². The van der Waals surface area contributed by atoms with Crippen LogP contribution in [0, 0.1) is 6.92 Å². The van der Waals surface area contributed by atoms with Crippen molar-refractivity contribution in [2.24, 2.45) is 0 Å². The van der Waals surface area contributed by atoms with E-state index in [-0.39, 0.29) is 5.91 Å². The fraction of sp³-hybridized carbons (Fsp3) is 0.667. The fourth-order valence-electron chi connectivity index (χ4n) is 2.36. The molecule has 4 heteroatoms. The van der Waals surface area contributed by atoms with Crippen LogP contribution in [0.25, 0.3) is 0 Å². The summed E-state index contributed by atoms with van der Waals surface area (Å²) in [6.07, 6.45) is 3.37. The van der Waals surface area contributed by atoms with Crippen LogP contribution in [0.2, 0.25) is 0 Å². The molecular formula is C15H24N2OS. The Hall–Kier alpha value is -0.870. The second kappa shape index (κ2) is 6.53. The van der Waals surface area contributed by atoms with Crippen molar-refractivity contribution >= 4 is 17.2 Å². The van der Waals surface area contributed by atoms with Gasteiger partial charge in [0.15, 0.2) is 0 Å². The maximum atomic E-state index is 12.1. The van der Waals surface area contributed by atoms with Gasteiger partial charge in [0.1, 0.15) is 0 Å². The van der Waals surface area contributed by atoms with E-state index in [4.69, 9.17) is 0 Å². The molecule has 1 N–H and O–H groups in total. The quantitative estimate of drug-likeness (QED) is 0.832. The lowest BCUT2D eigenvalue weighted by atomic mass is 10.2. The standard InChI is InChI=1S/C15H24N2OS/c1-4-17(13-6-7-13)15(18)10-16-11(2)9-14-8-5-12(3)19-14/h5,8,11,13,16H,4,6-7,9-10H2,1-3H3. The van der Waals surface area contributed by atoms with E-state index < -0.39 is 0 Å². The number of nitrogens with one attached hydrogen (secondary N) is 1. The van der Waals surface area contributed by atoms with Gasteiger partial charge in [0.05, 0.1) is 6.54 Å². The monoisotopic (exact) mass is 280 g/mol. The first-order valence-electron chi connectivity index (χ1n) is 7.18. The number of carbonyl (C=O) groups is 1. The number of likely N-dealkylation sites (N-methyl/N-ethyl adjacent to an activating group) is 1. The van der Waals surface area contributed by atoms with Crippen LogP contribution in [-0.2, 0) is 11.2 Å². The number of thiophene rings is 1. The highest BCUT2D eigenvalue weighted by molar-refractivity contribution is 7.11. The molecule has 1 heterocycles. The van der Waals surface area contributed by atoms with Gasteiger partial charge in [0, 0.05) is 28.4 Å². The minimum Gasteiger partial charge on any atom is -0.339 e. The van der Waals surface area contributed by atoms with Crippen LogP contribution in [0.15, 0.2) is 12.1 Å². The summed E-state index contributed by atoms with van der Waals surface area (Å²) in [6, 6.07) is 5.21. The van der Waals surface area contributed by atoms with Crippen molar-refractivity contribution in [1.29, 1.82) is 0 Å². The largest absolute Gasteiger partial charge is 0.339 e. The summed E-state index contributed by atoms with van der Waals surface area (Å²) < 4.78 is 0. The van der Waals surface area contributed by atoms with Crippen LogP contribution in [0.4, 0.5) is 0 Å². The predicted molar refractivity (Wildman–Crippen MR) is 80.6 cm³/mol. The lowest BCUT2D eigenvalue weighted by Crippen LogP contribution is -2.42. The molecule has 0 aromatic carbocycles. The van der Waals surface area contributed by atoms with Crippen LogP contribution < -0.4 is 5.32 Å². The highest BCUT2D eigenvalue weighted by atomic mass is 32.1. The average Bonchev–Trinajstić information content (AvgIpc) is 3.12.